The number of nitrogens with zero attached hydrogens (tertiary/aromatic N) is 2. The van der Waals surface area contributed by atoms with E-state index in [1.165, 1.54) is 6.42 Å². The number of aliphatic hydroxyl groups is 1. The van der Waals surface area contributed by atoms with Crippen LogP contribution in [0.5, 0.6) is 0 Å². The van der Waals surface area contributed by atoms with Gasteiger partial charge in [-0.1, -0.05) is 6.92 Å². The van der Waals surface area contributed by atoms with Gasteiger partial charge in [-0.2, -0.15) is 0 Å². The molecule has 4 nitrogen and oxygen atoms in total. The second-order valence-electron chi connectivity index (χ2n) is 6.05. The summed E-state index contributed by atoms with van der Waals surface area (Å²) in [6, 6.07) is 0.368. The Morgan fingerprint density at radius 2 is 2.11 bits per heavy atom. The highest BCUT2D eigenvalue weighted by molar-refractivity contribution is 5.78. The minimum absolute atomic E-state index is 0.202. The molecule has 1 fully saturated rings. The van der Waals surface area contributed by atoms with E-state index in [4.69, 9.17) is 0 Å². The maximum absolute atomic E-state index is 12.3. The lowest BCUT2D eigenvalue weighted by Gasteiger charge is -2.36. The van der Waals surface area contributed by atoms with Crippen molar-refractivity contribution in [1.29, 1.82) is 0 Å². The molecule has 0 radical (unpaired) electrons. The average molecular weight is 256 g/mol. The number of hydrogen-bond donors (Lipinski definition) is 1. The summed E-state index contributed by atoms with van der Waals surface area (Å²) in [5.74, 6) is 0.202. The summed E-state index contributed by atoms with van der Waals surface area (Å²) in [5, 5.41) is 9.83. The first-order chi connectivity index (χ1) is 8.33. The third-order valence-electron chi connectivity index (χ3n) is 3.54. The molecule has 1 aliphatic heterocycles. The molecule has 1 atom stereocenters. The Hall–Kier alpha value is -0.610. The zero-order valence-electron chi connectivity index (χ0n) is 12.3. The first-order valence-electron chi connectivity index (χ1n) is 7.07. The van der Waals surface area contributed by atoms with E-state index in [9.17, 15) is 9.90 Å². The highest BCUT2D eigenvalue weighted by Crippen LogP contribution is 2.17. The summed E-state index contributed by atoms with van der Waals surface area (Å²) >= 11 is 0. The fourth-order valence-electron chi connectivity index (χ4n) is 2.58. The molecule has 1 aliphatic rings. The van der Waals surface area contributed by atoms with E-state index in [2.05, 4.69) is 6.92 Å². The van der Waals surface area contributed by atoms with Crippen LogP contribution in [0.3, 0.4) is 0 Å². The number of carbonyl (C=O) groups is 1. The summed E-state index contributed by atoms with van der Waals surface area (Å²) in [7, 11) is 0. The second-order valence-corrected chi connectivity index (χ2v) is 6.05. The quantitative estimate of drug-likeness (QED) is 0.810. The third-order valence-corrected chi connectivity index (χ3v) is 3.54. The van der Waals surface area contributed by atoms with Gasteiger partial charge in [-0.3, -0.25) is 9.69 Å². The van der Waals surface area contributed by atoms with Gasteiger partial charge in [0.25, 0.3) is 0 Å². The van der Waals surface area contributed by atoms with Crippen LogP contribution in [0.1, 0.15) is 47.0 Å². The zero-order chi connectivity index (χ0) is 13.8. The minimum Gasteiger partial charge on any atom is -0.389 e. The van der Waals surface area contributed by atoms with Gasteiger partial charge in [0.2, 0.25) is 5.91 Å². The zero-order valence-corrected chi connectivity index (χ0v) is 12.3. The molecule has 0 saturated carbocycles. The summed E-state index contributed by atoms with van der Waals surface area (Å²) < 4.78 is 0. The van der Waals surface area contributed by atoms with Gasteiger partial charge in [0, 0.05) is 19.1 Å². The lowest BCUT2D eigenvalue weighted by atomic mass is 10.0. The number of hydrogen-bond acceptors (Lipinski definition) is 3. The van der Waals surface area contributed by atoms with E-state index in [1.54, 1.807) is 13.8 Å². The molecule has 18 heavy (non-hydrogen) atoms. The molecule has 1 unspecified atom stereocenters. The van der Waals surface area contributed by atoms with Crippen molar-refractivity contribution in [2.24, 2.45) is 0 Å². The summed E-state index contributed by atoms with van der Waals surface area (Å²) in [4.78, 5) is 16.3. The van der Waals surface area contributed by atoms with Crippen LogP contribution in [0.15, 0.2) is 0 Å². The SMILES string of the molecule is CCN(CC(=O)N1CCCCC1C)CC(C)(C)O. The van der Waals surface area contributed by atoms with Crippen LogP contribution in [0.2, 0.25) is 0 Å². The standard InChI is InChI=1S/C14H28N2O2/c1-5-15(11-14(3,4)18)10-13(17)16-9-7-6-8-12(16)2/h12,18H,5-11H2,1-4H3. The van der Waals surface area contributed by atoms with E-state index >= 15 is 0 Å². The van der Waals surface area contributed by atoms with Crippen molar-refractivity contribution in [2.45, 2.75) is 58.6 Å². The van der Waals surface area contributed by atoms with E-state index in [-0.39, 0.29) is 5.91 Å². The Labute approximate surface area is 111 Å². The number of carbonyl (C=O) groups excluding carboxylic acids is 1. The maximum atomic E-state index is 12.3. The minimum atomic E-state index is -0.746. The Kier molecular flexibility index (Phi) is 5.60. The summed E-state index contributed by atoms with van der Waals surface area (Å²) in [6.07, 6.45) is 3.46. The average Bonchev–Trinajstić information content (AvgIpc) is 2.26. The van der Waals surface area contributed by atoms with Crippen LogP contribution < -0.4 is 0 Å². The lowest BCUT2D eigenvalue weighted by Crippen LogP contribution is -2.49. The molecule has 1 saturated heterocycles. The summed E-state index contributed by atoms with van der Waals surface area (Å²) in [6.45, 7) is 10.4. The third kappa shape index (κ3) is 4.94. The van der Waals surface area contributed by atoms with Crippen molar-refractivity contribution < 1.29 is 9.90 Å². The lowest BCUT2D eigenvalue weighted by molar-refractivity contribution is -0.136. The molecular weight excluding hydrogens is 228 g/mol. The van der Waals surface area contributed by atoms with Gasteiger partial charge in [-0.05, 0) is 46.6 Å². The van der Waals surface area contributed by atoms with Gasteiger partial charge in [-0.15, -0.1) is 0 Å². The van der Waals surface area contributed by atoms with Gasteiger partial charge in [0.1, 0.15) is 0 Å². The molecule has 1 amide bonds. The Balaban J connectivity index is 2.50. The first kappa shape index (κ1) is 15.4. The number of likely N-dealkylation sites (N-methyl/N-ethyl adjacent to an activating group) is 1. The molecule has 0 aromatic rings. The van der Waals surface area contributed by atoms with Gasteiger partial charge in [0.15, 0.2) is 0 Å². The highest BCUT2D eigenvalue weighted by atomic mass is 16.3. The number of rotatable bonds is 5. The Morgan fingerprint density at radius 1 is 1.44 bits per heavy atom. The molecule has 1 N–H and O–H groups in total. The molecule has 0 aliphatic carbocycles. The van der Waals surface area contributed by atoms with Gasteiger partial charge >= 0.3 is 0 Å². The van der Waals surface area contributed by atoms with Crippen LogP contribution in [-0.4, -0.2) is 58.6 Å². The predicted molar refractivity (Wildman–Crippen MR) is 73.4 cm³/mol. The van der Waals surface area contributed by atoms with Crippen molar-refractivity contribution in [1.82, 2.24) is 9.80 Å². The largest absolute Gasteiger partial charge is 0.389 e. The van der Waals surface area contributed by atoms with Gasteiger partial charge in [0.05, 0.1) is 12.1 Å². The first-order valence-corrected chi connectivity index (χ1v) is 7.07. The van der Waals surface area contributed by atoms with Crippen molar-refractivity contribution in [3.05, 3.63) is 0 Å². The molecular formula is C14H28N2O2. The fraction of sp³-hybridized carbons (Fsp3) is 0.929. The van der Waals surface area contributed by atoms with Crippen LogP contribution in [0.25, 0.3) is 0 Å². The number of amides is 1. The van der Waals surface area contributed by atoms with Crippen molar-refractivity contribution >= 4 is 5.91 Å². The van der Waals surface area contributed by atoms with Crippen LogP contribution in [0, 0.1) is 0 Å². The molecule has 0 spiro atoms. The molecule has 0 aromatic heterocycles. The monoisotopic (exact) mass is 256 g/mol. The topological polar surface area (TPSA) is 43.8 Å². The van der Waals surface area contributed by atoms with Gasteiger partial charge < -0.3 is 10.0 Å². The van der Waals surface area contributed by atoms with E-state index in [1.807, 2.05) is 16.7 Å². The fourth-order valence-corrected chi connectivity index (χ4v) is 2.58. The predicted octanol–water partition coefficient (Wildman–Crippen LogP) is 1.48. The maximum Gasteiger partial charge on any atom is 0.236 e. The van der Waals surface area contributed by atoms with Crippen LogP contribution in [-0.2, 0) is 4.79 Å². The normalized spacial score (nSPS) is 21.4. The second kappa shape index (κ2) is 6.53. The van der Waals surface area contributed by atoms with Crippen molar-refractivity contribution in [3.63, 3.8) is 0 Å². The Bertz CT molecular complexity index is 273. The van der Waals surface area contributed by atoms with Crippen molar-refractivity contribution in [2.75, 3.05) is 26.2 Å². The Morgan fingerprint density at radius 3 is 2.61 bits per heavy atom. The number of piperidine rings is 1. The molecule has 106 valence electrons. The van der Waals surface area contributed by atoms with Crippen LogP contribution >= 0.6 is 0 Å². The van der Waals surface area contributed by atoms with Crippen LogP contribution in [0.4, 0.5) is 0 Å². The van der Waals surface area contributed by atoms with E-state index in [0.29, 0.717) is 19.1 Å². The molecule has 0 aromatic carbocycles. The van der Waals surface area contributed by atoms with Crippen molar-refractivity contribution in [3.8, 4) is 0 Å². The van der Waals surface area contributed by atoms with Gasteiger partial charge in [-0.25, -0.2) is 0 Å². The highest BCUT2D eigenvalue weighted by Gasteiger charge is 2.26. The smallest absolute Gasteiger partial charge is 0.236 e. The molecule has 0 bridgehead atoms. The number of likely N-dealkylation sites (tertiary alicyclic amines) is 1. The van der Waals surface area contributed by atoms with E-state index in [0.717, 1.165) is 25.9 Å². The molecule has 4 heteroatoms. The molecule has 1 heterocycles. The van der Waals surface area contributed by atoms with E-state index < -0.39 is 5.60 Å². The summed E-state index contributed by atoms with van der Waals surface area (Å²) in [5.41, 5.74) is -0.746. The molecule has 1 rings (SSSR count).